The van der Waals surface area contributed by atoms with Crippen molar-refractivity contribution in [3.05, 3.63) is 33.9 Å². The molecule has 0 aliphatic carbocycles. The number of ether oxygens (including phenoxy) is 1. The smallest absolute Gasteiger partial charge is 0.383 e. The SMILES string of the molecule is COCC(Nc1ccc([N+](=O)[O-])cc1C(F)(F)F)C(C)C. The molecule has 0 aromatic heterocycles. The number of halogens is 3. The van der Waals surface area contributed by atoms with Gasteiger partial charge in [0, 0.05) is 24.9 Å². The lowest BCUT2D eigenvalue weighted by Crippen LogP contribution is -2.31. The highest BCUT2D eigenvalue weighted by atomic mass is 19.4. The minimum Gasteiger partial charge on any atom is -0.383 e. The maximum atomic E-state index is 13.0. The van der Waals surface area contributed by atoms with Gasteiger partial charge in [0.2, 0.25) is 0 Å². The fraction of sp³-hybridized carbons (Fsp3) is 0.538. The Morgan fingerprint density at radius 3 is 2.43 bits per heavy atom. The van der Waals surface area contributed by atoms with Crippen LogP contribution in [0.5, 0.6) is 0 Å². The third kappa shape index (κ3) is 4.59. The molecule has 1 rings (SSSR count). The van der Waals surface area contributed by atoms with Crippen molar-refractivity contribution < 1.29 is 22.8 Å². The Bertz CT molecular complexity index is 504. The monoisotopic (exact) mass is 306 g/mol. The van der Waals surface area contributed by atoms with Gasteiger partial charge in [0.15, 0.2) is 0 Å². The summed E-state index contributed by atoms with van der Waals surface area (Å²) in [5.41, 5.74) is -1.84. The van der Waals surface area contributed by atoms with E-state index in [1.807, 2.05) is 13.8 Å². The van der Waals surface area contributed by atoms with Crippen LogP contribution in [-0.4, -0.2) is 24.7 Å². The van der Waals surface area contributed by atoms with Crippen LogP contribution in [0.15, 0.2) is 18.2 Å². The van der Waals surface area contributed by atoms with E-state index in [0.29, 0.717) is 6.07 Å². The molecule has 21 heavy (non-hydrogen) atoms. The zero-order valence-electron chi connectivity index (χ0n) is 11.9. The molecule has 0 bridgehead atoms. The second-order valence-corrected chi connectivity index (χ2v) is 4.93. The Kier molecular flexibility index (Phi) is 5.54. The number of non-ortho nitro benzene ring substituents is 1. The molecular formula is C13H17F3N2O3. The number of benzene rings is 1. The third-order valence-corrected chi connectivity index (χ3v) is 3.01. The van der Waals surface area contributed by atoms with Crippen LogP contribution < -0.4 is 5.32 Å². The number of hydrogen-bond acceptors (Lipinski definition) is 4. The molecule has 0 fully saturated rings. The molecule has 0 saturated carbocycles. The van der Waals surface area contributed by atoms with Gasteiger partial charge in [-0.15, -0.1) is 0 Å². The van der Waals surface area contributed by atoms with Crippen LogP contribution in [-0.2, 0) is 10.9 Å². The van der Waals surface area contributed by atoms with Crippen molar-refractivity contribution in [2.75, 3.05) is 19.0 Å². The van der Waals surface area contributed by atoms with Crippen LogP contribution in [0, 0.1) is 16.0 Å². The van der Waals surface area contributed by atoms with Crippen LogP contribution in [0.25, 0.3) is 0 Å². The van der Waals surface area contributed by atoms with Crippen molar-refractivity contribution in [3.63, 3.8) is 0 Å². The minimum absolute atomic E-state index is 0.0289. The maximum Gasteiger partial charge on any atom is 0.418 e. The first-order valence-corrected chi connectivity index (χ1v) is 6.28. The number of nitro benzene ring substituents is 1. The summed E-state index contributed by atoms with van der Waals surface area (Å²) in [6.07, 6.45) is -4.68. The lowest BCUT2D eigenvalue weighted by molar-refractivity contribution is -0.385. The van der Waals surface area contributed by atoms with Crippen molar-refractivity contribution in [3.8, 4) is 0 Å². The van der Waals surface area contributed by atoms with E-state index in [2.05, 4.69) is 5.32 Å². The largest absolute Gasteiger partial charge is 0.418 e. The summed E-state index contributed by atoms with van der Waals surface area (Å²) >= 11 is 0. The number of hydrogen-bond donors (Lipinski definition) is 1. The summed E-state index contributed by atoms with van der Waals surface area (Å²) in [5, 5.41) is 13.4. The van der Waals surface area contributed by atoms with Crippen molar-refractivity contribution in [2.24, 2.45) is 5.92 Å². The predicted octanol–water partition coefficient (Wildman–Crippen LogP) is 3.70. The predicted molar refractivity (Wildman–Crippen MR) is 72.2 cm³/mol. The normalized spacial score (nSPS) is 13.3. The summed E-state index contributed by atoms with van der Waals surface area (Å²) in [4.78, 5) is 9.77. The number of nitrogens with zero attached hydrogens (tertiary/aromatic N) is 1. The second-order valence-electron chi connectivity index (χ2n) is 4.93. The van der Waals surface area contributed by atoms with E-state index >= 15 is 0 Å². The molecule has 1 aromatic carbocycles. The van der Waals surface area contributed by atoms with Crippen molar-refractivity contribution in [2.45, 2.75) is 26.1 Å². The highest BCUT2D eigenvalue weighted by molar-refractivity contribution is 5.58. The van der Waals surface area contributed by atoms with Gasteiger partial charge < -0.3 is 10.1 Å². The average molecular weight is 306 g/mol. The topological polar surface area (TPSA) is 64.4 Å². The van der Waals surface area contributed by atoms with Gasteiger partial charge in [0.25, 0.3) is 5.69 Å². The standard InChI is InChI=1S/C13H17F3N2O3/c1-8(2)12(7-21-3)17-11-5-4-9(18(19)20)6-10(11)13(14,15)16/h4-6,8,12,17H,7H2,1-3H3. The summed E-state index contributed by atoms with van der Waals surface area (Å²) < 4.78 is 44.1. The lowest BCUT2D eigenvalue weighted by atomic mass is 10.0. The first-order valence-electron chi connectivity index (χ1n) is 6.28. The minimum atomic E-state index is -4.68. The number of nitrogens with one attached hydrogen (secondary N) is 1. The first kappa shape index (κ1) is 17.2. The van der Waals surface area contributed by atoms with E-state index in [4.69, 9.17) is 4.74 Å². The van der Waals surface area contributed by atoms with Gasteiger partial charge in [-0.2, -0.15) is 13.2 Å². The molecule has 118 valence electrons. The van der Waals surface area contributed by atoms with Crippen molar-refractivity contribution >= 4 is 11.4 Å². The summed E-state index contributed by atoms with van der Waals surface area (Å²) in [6, 6.07) is 2.32. The van der Waals surface area contributed by atoms with E-state index in [0.717, 1.165) is 12.1 Å². The van der Waals surface area contributed by atoms with Crippen LogP contribution >= 0.6 is 0 Å². The van der Waals surface area contributed by atoms with Crippen LogP contribution in [0.1, 0.15) is 19.4 Å². The lowest BCUT2D eigenvalue weighted by Gasteiger charge is -2.24. The highest BCUT2D eigenvalue weighted by Crippen LogP contribution is 2.37. The van der Waals surface area contributed by atoms with Gasteiger partial charge in [-0.3, -0.25) is 10.1 Å². The number of rotatable bonds is 6. The summed E-state index contributed by atoms with van der Waals surface area (Å²) in [7, 11) is 1.46. The molecule has 0 heterocycles. The number of anilines is 1. The molecule has 0 amide bonds. The average Bonchev–Trinajstić information content (AvgIpc) is 2.36. The molecular weight excluding hydrogens is 289 g/mol. The molecule has 1 aromatic rings. The molecule has 5 nitrogen and oxygen atoms in total. The second kappa shape index (κ2) is 6.75. The molecule has 0 radical (unpaired) electrons. The van der Waals surface area contributed by atoms with E-state index in [9.17, 15) is 23.3 Å². The first-order chi connectivity index (χ1) is 9.66. The molecule has 0 saturated heterocycles. The Morgan fingerprint density at radius 1 is 1.38 bits per heavy atom. The molecule has 0 aliphatic rings. The van der Waals surface area contributed by atoms with Crippen LogP contribution in [0.3, 0.4) is 0 Å². The third-order valence-electron chi connectivity index (χ3n) is 3.01. The van der Waals surface area contributed by atoms with E-state index in [1.54, 1.807) is 0 Å². The summed E-state index contributed by atoms with van der Waals surface area (Å²) in [6.45, 7) is 3.91. The van der Waals surface area contributed by atoms with E-state index < -0.39 is 22.4 Å². The van der Waals surface area contributed by atoms with Gasteiger partial charge in [-0.25, -0.2) is 0 Å². The maximum absolute atomic E-state index is 13.0. The zero-order chi connectivity index (χ0) is 16.2. The fourth-order valence-corrected chi connectivity index (χ4v) is 1.79. The van der Waals surface area contributed by atoms with Gasteiger partial charge in [-0.05, 0) is 12.0 Å². The van der Waals surface area contributed by atoms with Gasteiger partial charge in [0.05, 0.1) is 23.1 Å². The highest BCUT2D eigenvalue weighted by Gasteiger charge is 2.35. The van der Waals surface area contributed by atoms with Crippen molar-refractivity contribution in [1.82, 2.24) is 0 Å². The van der Waals surface area contributed by atoms with Gasteiger partial charge >= 0.3 is 6.18 Å². The van der Waals surface area contributed by atoms with E-state index in [1.165, 1.54) is 7.11 Å². The molecule has 1 N–H and O–H groups in total. The molecule has 1 atom stereocenters. The Morgan fingerprint density at radius 2 is 2.00 bits per heavy atom. The quantitative estimate of drug-likeness (QED) is 0.643. The number of methoxy groups -OCH3 is 1. The van der Waals surface area contributed by atoms with Crippen molar-refractivity contribution in [1.29, 1.82) is 0 Å². The number of nitro groups is 1. The Labute approximate surface area is 120 Å². The van der Waals surface area contributed by atoms with Crippen LogP contribution in [0.2, 0.25) is 0 Å². The Hall–Kier alpha value is -1.83. The fourth-order valence-electron chi connectivity index (χ4n) is 1.79. The van der Waals surface area contributed by atoms with E-state index in [-0.39, 0.29) is 24.3 Å². The Balaban J connectivity index is 3.19. The van der Waals surface area contributed by atoms with Gasteiger partial charge in [0.1, 0.15) is 0 Å². The molecule has 0 aliphatic heterocycles. The zero-order valence-corrected chi connectivity index (χ0v) is 11.9. The van der Waals surface area contributed by atoms with Gasteiger partial charge in [-0.1, -0.05) is 13.8 Å². The number of alkyl halides is 3. The summed E-state index contributed by atoms with van der Waals surface area (Å²) in [5.74, 6) is 0.0289. The molecule has 0 spiro atoms. The molecule has 8 heteroatoms. The molecule has 1 unspecified atom stereocenters. The van der Waals surface area contributed by atoms with Crippen LogP contribution in [0.4, 0.5) is 24.5 Å².